The maximum atomic E-state index is 11.9. The second-order valence-corrected chi connectivity index (χ2v) is 7.69. The monoisotopic (exact) mass is 362 g/mol. The number of nitrogens with one attached hydrogen (secondary N) is 1. The molecule has 7 nitrogen and oxygen atoms in total. The van der Waals surface area contributed by atoms with E-state index in [1.807, 2.05) is 42.4 Å². The van der Waals surface area contributed by atoms with Crippen LogP contribution < -0.4 is 10.2 Å². The molecule has 1 amide bonds. The number of carbonyl (C=O) groups excluding carboxylic acids is 1. The highest BCUT2D eigenvalue weighted by molar-refractivity contribution is 5.87. The van der Waals surface area contributed by atoms with E-state index in [1.165, 1.54) is 6.08 Å². The topological polar surface area (TPSA) is 67.5 Å². The van der Waals surface area contributed by atoms with Crippen LogP contribution in [-0.4, -0.2) is 44.4 Å². The quantitative estimate of drug-likeness (QED) is 0.721. The Labute approximate surface area is 157 Å². The second-order valence-electron chi connectivity index (χ2n) is 7.69. The Morgan fingerprint density at radius 2 is 2.19 bits per heavy atom. The van der Waals surface area contributed by atoms with Crippen LogP contribution in [-0.2, 0) is 11.8 Å². The van der Waals surface area contributed by atoms with Crippen LogP contribution in [0.4, 0.5) is 5.69 Å². The minimum atomic E-state index is -0.0910. The second kappa shape index (κ2) is 5.70. The van der Waals surface area contributed by atoms with Gasteiger partial charge in [-0.1, -0.05) is 6.58 Å². The zero-order valence-corrected chi connectivity index (χ0v) is 15.3. The summed E-state index contributed by atoms with van der Waals surface area (Å²) >= 11 is 0. The molecule has 0 radical (unpaired) electrons. The molecule has 3 aromatic heterocycles. The van der Waals surface area contributed by atoms with E-state index in [0.29, 0.717) is 0 Å². The molecule has 5 rings (SSSR count). The smallest absolute Gasteiger partial charge is 0.243 e. The third kappa shape index (κ3) is 2.61. The van der Waals surface area contributed by atoms with Crippen molar-refractivity contribution < 1.29 is 4.79 Å². The first-order valence-corrected chi connectivity index (χ1v) is 9.22. The first-order valence-electron chi connectivity index (χ1n) is 9.22. The summed E-state index contributed by atoms with van der Waals surface area (Å²) in [6, 6.07) is 4.41. The van der Waals surface area contributed by atoms with E-state index in [-0.39, 0.29) is 17.4 Å². The highest BCUT2D eigenvalue weighted by atomic mass is 16.1. The van der Waals surface area contributed by atoms with Crippen molar-refractivity contribution in [3.8, 4) is 11.1 Å². The van der Waals surface area contributed by atoms with Crippen molar-refractivity contribution in [1.82, 2.24) is 24.7 Å². The molecule has 7 heteroatoms. The van der Waals surface area contributed by atoms with Gasteiger partial charge in [-0.25, -0.2) is 4.52 Å². The van der Waals surface area contributed by atoms with E-state index < -0.39 is 0 Å². The summed E-state index contributed by atoms with van der Waals surface area (Å²) in [5.74, 6) is -0.0910. The summed E-state index contributed by atoms with van der Waals surface area (Å²) in [6.07, 6.45) is 11.4. The van der Waals surface area contributed by atoms with Crippen molar-refractivity contribution in [2.75, 3.05) is 18.0 Å². The molecule has 1 N–H and O–H groups in total. The number of pyridine rings is 1. The van der Waals surface area contributed by atoms with Crippen LogP contribution in [0.1, 0.15) is 12.8 Å². The SMILES string of the molecule is C=CC(=O)NC1CN(c2cc(-c3cnn(C)c3)cn3nccc23)CC12CC2. The number of fused-ring (bicyclic) bond motifs is 1. The van der Waals surface area contributed by atoms with Crippen molar-refractivity contribution in [3.63, 3.8) is 0 Å². The first kappa shape index (κ1) is 16.1. The zero-order valence-electron chi connectivity index (χ0n) is 15.3. The molecule has 2 aliphatic rings. The molecular formula is C20H22N6O. The largest absolute Gasteiger partial charge is 0.367 e. The maximum absolute atomic E-state index is 11.9. The van der Waals surface area contributed by atoms with Gasteiger partial charge in [-0.15, -0.1) is 0 Å². The molecule has 1 saturated heterocycles. The summed E-state index contributed by atoms with van der Waals surface area (Å²) in [4.78, 5) is 14.3. The molecule has 2 fully saturated rings. The maximum Gasteiger partial charge on any atom is 0.243 e. The van der Waals surface area contributed by atoms with Crippen molar-refractivity contribution in [1.29, 1.82) is 0 Å². The third-order valence-electron chi connectivity index (χ3n) is 5.91. The Morgan fingerprint density at radius 1 is 1.33 bits per heavy atom. The predicted molar refractivity (Wildman–Crippen MR) is 103 cm³/mol. The summed E-state index contributed by atoms with van der Waals surface area (Å²) in [5, 5.41) is 11.9. The fourth-order valence-electron chi connectivity index (χ4n) is 4.24. The zero-order chi connectivity index (χ0) is 18.6. The molecule has 0 aromatic carbocycles. The average Bonchev–Trinajstić information content (AvgIpc) is 3.00. The van der Waals surface area contributed by atoms with Crippen molar-refractivity contribution >= 4 is 17.1 Å². The molecule has 1 spiro atoms. The molecule has 1 saturated carbocycles. The van der Waals surface area contributed by atoms with Crippen LogP contribution in [0.2, 0.25) is 0 Å². The van der Waals surface area contributed by atoms with Gasteiger partial charge in [0.15, 0.2) is 0 Å². The molecule has 27 heavy (non-hydrogen) atoms. The van der Waals surface area contributed by atoms with E-state index >= 15 is 0 Å². The third-order valence-corrected chi connectivity index (χ3v) is 5.91. The Kier molecular flexibility index (Phi) is 3.40. The lowest BCUT2D eigenvalue weighted by Gasteiger charge is -2.21. The van der Waals surface area contributed by atoms with Gasteiger partial charge in [0.2, 0.25) is 5.91 Å². The summed E-state index contributed by atoms with van der Waals surface area (Å²) < 4.78 is 3.73. The predicted octanol–water partition coefficient (Wildman–Crippen LogP) is 2.01. The van der Waals surface area contributed by atoms with Gasteiger partial charge in [0.1, 0.15) is 0 Å². The Bertz CT molecular complexity index is 1040. The molecular weight excluding hydrogens is 340 g/mol. The van der Waals surface area contributed by atoms with Crippen LogP contribution in [0, 0.1) is 5.41 Å². The van der Waals surface area contributed by atoms with E-state index in [2.05, 4.69) is 33.1 Å². The van der Waals surface area contributed by atoms with Crippen LogP contribution in [0.3, 0.4) is 0 Å². The summed E-state index contributed by atoms with van der Waals surface area (Å²) in [6.45, 7) is 5.34. The number of hydrogen-bond donors (Lipinski definition) is 1. The lowest BCUT2D eigenvalue weighted by Crippen LogP contribution is -2.40. The van der Waals surface area contributed by atoms with Gasteiger partial charge in [0, 0.05) is 49.1 Å². The van der Waals surface area contributed by atoms with Crippen LogP contribution in [0.25, 0.3) is 16.6 Å². The highest BCUT2D eigenvalue weighted by Crippen LogP contribution is 2.54. The molecule has 1 aliphatic carbocycles. The van der Waals surface area contributed by atoms with Crippen molar-refractivity contribution in [2.45, 2.75) is 18.9 Å². The number of nitrogens with zero attached hydrogens (tertiary/aromatic N) is 5. The van der Waals surface area contributed by atoms with Gasteiger partial charge in [-0.3, -0.25) is 9.48 Å². The molecule has 1 unspecified atom stereocenters. The van der Waals surface area contributed by atoms with Gasteiger partial charge < -0.3 is 10.2 Å². The van der Waals surface area contributed by atoms with Crippen LogP contribution in [0.5, 0.6) is 0 Å². The number of hydrogen-bond acceptors (Lipinski definition) is 4. The molecule has 1 atom stereocenters. The van der Waals surface area contributed by atoms with Gasteiger partial charge in [-0.05, 0) is 31.1 Å². The van der Waals surface area contributed by atoms with Crippen LogP contribution >= 0.6 is 0 Å². The number of anilines is 1. The Morgan fingerprint density at radius 3 is 2.89 bits per heavy atom. The lowest BCUT2D eigenvalue weighted by molar-refractivity contribution is -0.117. The number of carbonyl (C=O) groups is 1. The van der Waals surface area contributed by atoms with E-state index in [9.17, 15) is 4.79 Å². The molecule has 1 aliphatic heterocycles. The Hall–Kier alpha value is -3.09. The van der Waals surface area contributed by atoms with Crippen LogP contribution in [0.15, 0.2) is 49.6 Å². The van der Waals surface area contributed by atoms with Gasteiger partial charge in [0.05, 0.1) is 29.6 Å². The number of amides is 1. The summed E-state index contributed by atoms with van der Waals surface area (Å²) in [7, 11) is 1.92. The minimum absolute atomic E-state index is 0.0910. The van der Waals surface area contributed by atoms with Crippen molar-refractivity contribution in [2.24, 2.45) is 12.5 Å². The average molecular weight is 362 g/mol. The fourth-order valence-corrected chi connectivity index (χ4v) is 4.24. The van der Waals surface area contributed by atoms with Gasteiger partial charge >= 0.3 is 0 Å². The number of aryl methyl sites for hydroxylation is 1. The standard InChI is InChI=1S/C20H22N6O/c1-3-19(27)23-18-12-25(13-20(18)5-6-20)17-8-14(15-9-22-24(2)10-15)11-26-16(17)4-7-21-26/h3-4,7-11,18H,1,5-6,12-13H2,2H3,(H,23,27). The normalized spacial score (nSPS) is 20.3. The lowest BCUT2D eigenvalue weighted by atomic mass is 10.0. The summed E-state index contributed by atoms with van der Waals surface area (Å²) in [5.41, 5.74) is 4.57. The Balaban J connectivity index is 1.54. The minimum Gasteiger partial charge on any atom is -0.367 e. The highest BCUT2D eigenvalue weighted by Gasteiger charge is 2.55. The van der Waals surface area contributed by atoms with Crippen molar-refractivity contribution in [3.05, 3.63) is 49.6 Å². The first-order chi connectivity index (χ1) is 13.1. The number of rotatable bonds is 4. The fraction of sp³-hybridized carbons (Fsp3) is 0.350. The van der Waals surface area contributed by atoms with E-state index in [1.54, 1.807) is 4.68 Å². The molecule has 3 aromatic rings. The molecule has 0 bridgehead atoms. The van der Waals surface area contributed by atoms with E-state index in [4.69, 9.17) is 0 Å². The van der Waals surface area contributed by atoms with Gasteiger partial charge in [-0.2, -0.15) is 10.2 Å². The van der Waals surface area contributed by atoms with E-state index in [0.717, 1.165) is 48.3 Å². The number of aromatic nitrogens is 4. The molecule has 4 heterocycles. The van der Waals surface area contributed by atoms with Gasteiger partial charge in [0.25, 0.3) is 0 Å². The molecule has 138 valence electrons.